The Bertz CT molecular complexity index is 1330. The number of hydrogen-bond acceptors (Lipinski definition) is 5. The summed E-state index contributed by atoms with van der Waals surface area (Å²) in [5.74, 6) is 0. The predicted molar refractivity (Wildman–Crippen MR) is 124 cm³/mol. The van der Waals surface area contributed by atoms with Crippen LogP contribution in [0.5, 0.6) is 0 Å². The van der Waals surface area contributed by atoms with Gasteiger partial charge in [-0.05, 0) is 42.8 Å². The molecule has 8 heteroatoms. The molecule has 0 saturated carbocycles. The molecule has 0 amide bonds. The number of sulfonamides is 1. The van der Waals surface area contributed by atoms with E-state index in [1.807, 2.05) is 67.6 Å². The maximum Gasteiger partial charge on any atom is 0.238 e. The van der Waals surface area contributed by atoms with E-state index in [2.05, 4.69) is 10.3 Å². The minimum Gasteiger partial charge on any atom is -0.391 e. The fourth-order valence-electron chi connectivity index (χ4n) is 3.14. The molecule has 2 N–H and O–H groups in total. The van der Waals surface area contributed by atoms with Crippen molar-refractivity contribution in [1.29, 1.82) is 0 Å². The second-order valence-corrected chi connectivity index (χ2v) is 8.83. The summed E-state index contributed by atoms with van der Waals surface area (Å²) in [7, 11) is -3.77. The van der Waals surface area contributed by atoms with Crippen molar-refractivity contribution in [3.8, 4) is 16.9 Å². The van der Waals surface area contributed by atoms with Crippen LogP contribution in [-0.2, 0) is 21.5 Å². The summed E-state index contributed by atoms with van der Waals surface area (Å²) in [4.78, 5) is 5.44. The van der Waals surface area contributed by atoms with Crippen molar-refractivity contribution in [2.45, 2.75) is 18.4 Å². The van der Waals surface area contributed by atoms with Crippen molar-refractivity contribution in [3.05, 3.63) is 102 Å². The summed E-state index contributed by atoms with van der Waals surface area (Å²) >= 11 is 0. The number of aromatic nitrogens is 2. The quantitative estimate of drug-likeness (QED) is 0.342. The van der Waals surface area contributed by atoms with Gasteiger partial charge < -0.3 is 4.84 Å². The van der Waals surface area contributed by atoms with Crippen LogP contribution in [0.15, 0.2) is 95.0 Å². The van der Waals surface area contributed by atoms with Crippen LogP contribution in [0.2, 0.25) is 0 Å². The molecule has 0 unspecified atom stereocenters. The number of benzene rings is 3. The van der Waals surface area contributed by atoms with Crippen molar-refractivity contribution in [2.24, 2.45) is 10.3 Å². The highest BCUT2D eigenvalue weighted by Gasteiger charge is 2.13. The van der Waals surface area contributed by atoms with Gasteiger partial charge in [0, 0.05) is 5.56 Å². The highest BCUT2D eigenvalue weighted by atomic mass is 32.2. The standard InChI is InChI=1S/C24H22N4O3S/c1-18-7-9-20(10-8-18)24-15-21(16-26-31-17-19-5-3-2-4-6-19)27-28(24)22-11-13-23(14-12-22)32(25,29)30/h2-16H,17H2,1H3,(H2,25,29,30)/b26-16+. The first-order valence-corrected chi connectivity index (χ1v) is 11.4. The van der Waals surface area contributed by atoms with Crippen LogP contribution in [-0.4, -0.2) is 24.4 Å². The summed E-state index contributed by atoms with van der Waals surface area (Å²) < 4.78 is 24.9. The van der Waals surface area contributed by atoms with Gasteiger partial charge in [-0.3, -0.25) is 0 Å². The summed E-state index contributed by atoms with van der Waals surface area (Å²) in [5.41, 5.74) is 5.25. The summed E-state index contributed by atoms with van der Waals surface area (Å²) in [6, 6.07) is 26.0. The van der Waals surface area contributed by atoms with Gasteiger partial charge in [0.15, 0.2) is 0 Å². The third kappa shape index (κ3) is 5.11. The molecule has 0 aliphatic rings. The van der Waals surface area contributed by atoms with Gasteiger partial charge in [0.1, 0.15) is 12.3 Å². The van der Waals surface area contributed by atoms with Crippen LogP contribution in [0.1, 0.15) is 16.8 Å². The molecule has 0 spiro atoms. The topological polar surface area (TPSA) is 99.6 Å². The third-order valence-corrected chi connectivity index (χ3v) is 5.75. The number of nitrogens with two attached hydrogens (primary N) is 1. The van der Waals surface area contributed by atoms with Gasteiger partial charge >= 0.3 is 0 Å². The number of rotatable bonds is 7. The maximum absolute atomic E-state index is 11.6. The average Bonchev–Trinajstić information content (AvgIpc) is 3.22. The fourth-order valence-corrected chi connectivity index (χ4v) is 3.66. The number of nitrogens with zero attached hydrogens (tertiary/aromatic N) is 3. The van der Waals surface area contributed by atoms with Crippen LogP contribution in [0.4, 0.5) is 0 Å². The Labute approximate surface area is 186 Å². The van der Waals surface area contributed by atoms with Gasteiger partial charge in [-0.1, -0.05) is 65.3 Å². The molecule has 0 saturated heterocycles. The SMILES string of the molecule is Cc1ccc(-c2cc(/C=N/OCc3ccccc3)nn2-c2ccc(S(N)(=O)=O)cc2)cc1. The molecular weight excluding hydrogens is 424 g/mol. The van der Waals surface area contributed by atoms with Gasteiger partial charge in [-0.15, -0.1) is 0 Å². The van der Waals surface area contributed by atoms with E-state index in [-0.39, 0.29) is 4.90 Å². The molecule has 4 aromatic rings. The molecule has 3 aromatic carbocycles. The highest BCUT2D eigenvalue weighted by molar-refractivity contribution is 7.89. The number of oxime groups is 1. The average molecular weight is 447 g/mol. The zero-order valence-corrected chi connectivity index (χ0v) is 18.2. The van der Waals surface area contributed by atoms with E-state index in [1.165, 1.54) is 12.1 Å². The molecule has 32 heavy (non-hydrogen) atoms. The molecule has 0 atom stereocenters. The monoisotopic (exact) mass is 446 g/mol. The predicted octanol–water partition coefficient (Wildman–Crippen LogP) is 4.05. The Kier molecular flexibility index (Phi) is 6.16. The molecular formula is C24H22N4O3S. The van der Waals surface area contributed by atoms with Crippen LogP contribution < -0.4 is 5.14 Å². The normalized spacial score (nSPS) is 11.7. The molecule has 7 nitrogen and oxygen atoms in total. The van der Waals surface area contributed by atoms with Crippen molar-refractivity contribution < 1.29 is 13.3 Å². The highest BCUT2D eigenvalue weighted by Crippen LogP contribution is 2.25. The Morgan fingerprint density at radius 1 is 1.00 bits per heavy atom. The van der Waals surface area contributed by atoms with E-state index >= 15 is 0 Å². The third-order valence-electron chi connectivity index (χ3n) is 4.82. The molecule has 0 aliphatic heterocycles. The zero-order valence-electron chi connectivity index (χ0n) is 17.4. The number of hydrogen-bond donors (Lipinski definition) is 1. The molecule has 1 heterocycles. The second-order valence-electron chi connectivity index (χ2n) is 7.26. The molecule has 162 valence electrons. The molecule has 0 radical (unpaired) electrons. The minimum atomic E-state index is -3.77. The van der Waals surface area contributed by atoms with E-state index < -0.39 is 10.0 Å². The Morgan fingerprint density at radius 3 is 2.34 bits per heavy atom. The second kappa shape index (κ2) is 9.17. The number of aryl methyl sites for hydroxylation is 1. The van der Waals surface area contributed by atoms with E-state index in [1.54, 1.807) is 23.0 Å². The van der Waals surface area contributed by atoms with E-state index in [0.717, 1.165) is 22.4 Å². The summed E-state index contributed by atoms with van der Waals surface area (Å²) in [5, 5.41) is 13.9. The lowest BCUT2D eigenvalue weighted by Crippen LogP contribution is -2.12. The van der Waals surface area contributed by atoms with Crippen molar-refractivity contribution in [3.63, 3.8) is 0 Å². The lowest BCUT2D eigenvalue weighted by atomic mass is 10.1. The number of primary sulfonamides is 1. The van der Waals surface area contributed by atoms with Gasteiger partial charge in [0.25, 0.3) is 0 Å². The van der Waals surface area contributed by atoms with Gasteiger partial charge in [0.2, 0.25) is 10.0 Å². The first-order chi connectivity index (χ1) is 15.4. The van der Waals surface area contributed by atoms with Gasteiger partial charge in [-0.25, -0.2) is 18.2 Å². The van der Waals surface area contributed by atoms with Crippen molar-refractivity contribution in [1.82, 2.24) is 9.78 Å². The molecule has 0 bridgehead atoms. The summed E-state index contributed by atoms with van der Waals surface area (Å²) in [6.07, 6.45) is 1.55. The van der Waals surface area contributed by atoms with Crippen LogP contribution >= 0.6 is 0 Å². The molecule has 1 aromatic heterocycles. The molecule has 4 rings (SSSR count). The largest absolute Gasteiger partial charge is 0.391 e. The van der Waals surface area contributed by atoms with E-state index in [0.29, 0.717) is 18.0 Å². The molecule has 0 aliphatic carbocycles. The maximum atomic E-state index is 11.6. The smallest absolute Gasteiger partial charge is 0.238 e. The van der Waals surface area contributed by atoms with Crippen LogP contribution in [0, 0.1) is 6.92 Å². The van der Waals surface area contributed by atoms with E-state index in [4.69, 9.17) is 9.98 Å². The van der Waals surface area contributed by atoms with Crippen LogP contribution in [0.3, 0.4) is 0 Å². The molecule has 0 fully saturated rings. The first kappa shape index (κ1) is 21.5. The van der Waals surface area contributed by atoms with Crippen molar-refractivity contribution >= 4 is 16.2 Å². The zero-order chi connectivity index (χ0) is 22.6. The summed E-state index contributed by atoms with van der Waals surface area (Å²) in [6.45, 7) is 2.38. The van der Waals surface area contributed by atoms with Crippen molar-refractivity contribution in [2.75, 3.05) is 0 Å². The Hall–Kier alpha value is -3.75. The lowest BCUT2D eigenvalue weighted by molar-refractivity contribution is 0.132. The van der Waals surface area contributed by atoms with Gasteiger partial charge in [-0.2, -0.15) is 5.10 Å². The van der Waals surface area contributed by atoms with Crippen LogP contribution in [0.25, 0.3) is 16.9 Å². The Morgan fingerprint density at radius 2 is 1.69 bits per heavy atom. The Balaban J connectivity index is 1.64. The van der Waals surface area contributed by atoms with Gasteiger partial charge in [0.05, 0.1) is 22.5 Å². The fraction of sp³-hybridized carbons (Fsp3) is 0.0833. The first-order valence-electron chi connectivity index (χ1n) is 9.90. The lowest BCUT2D eigenvalue weighted by Gasteiger charge is -2.08. The minimum absolute atomic E-state index is 0.0430. The van der Waals surface area contributed by atoms with E-state index in [9.17, 15) is 8.42 Å².